The number of amides is 2. The second-order valence-electron chi connectivity index (χ2n) is 7.73. The molecule has 0 spiro atoms. The van der Waals surface area contributed by atoms with Gasteiger partial charge in [0.2, 0.25) is 5.91 Å². The lowest BCUT2D eigenvalue weighted by Gasteiger charge is -2.29. The second-order valence-corrected chi connectivity index (χ2v) is 10.0. The minimum absolute atomic E-state index is 0.0332. The van der Waals surface area contributed by atoms with Crippen LogP contribution in [0.1, 0.15) is 44.2 Å². The van der Waals surface area contributed by atoms with Crippen LogP contribution < -0.4 is 10.2 Å². The van der Waals surface area contributed by atoms with Crippen molar-refractivity contribution in [1.82, 2.24) is 5.32 Å². The minimum atomic E-state index is -0.126. The first-order valence-corrected chi connectivity index (χ1v) is 13.3. The SMILES string of the molecule is CCCCSCCCNC(=O)CN1C(=O)C(=Cc2ccc(CC)cc2)Sc2ccccc21. The maximum atomic E-state index is 13.3. The lowest BCUT2D eigenvalue weighted by molar-refractivity contribution is -0.122. The van der Waals surface area contributed by atoms with Crippen molar-refractivity contribution in [2.45, 2.75) is 44.4 Å². The van der Waals surface area contributed by atoms with E-state index >= 15 is 0 Å². The standard InChI is InChI=1S/C26H32N2O2S2/c1-3-5-16-31-17-8-15-27-25(29)19-28-22-9-6-7-10-23(22)32-24(26(28)30)18-21-13-11-20(4-2)12-14-21/h6-7,9-14,18H,3-5,8,15-17,19H2,1-2H3,(H,27,29). The van der Waals surface area contributed by atoms with Gasteiger partial charge in [0.15, 0.2) is 0 Å². The highest BCUT2D eigenvalue weighted by Crippen LogP contribution is 2.41. The van der Waals surface area contributed by atoms with Gasteiger partial charge in [-0.25, -0.2) is 0 Å². The second kappa shape index (κ2) is 12.8. The van der Waals surface area contributed by atoms with Gasteiger partial charge in [-0.3, -0.25) is 14.5 Å². The van der Waals surface area contributed by atoms with Gasteiger partial charge in [0.25, 0.3) is 5.91 Å². The summed E-state index contributed by atoms with van der Waals surface area (Å²) >= 11 is 3.40. The van der Waals surface area contributed by atoms with E-state index in [0.29, 0.717) is 11.4 Å². The molecule has 0 saturated carbocycles. The molecular formula is C26H32N2O2S2. The number of unbranched alkanes of at least 4 members (excludes halogenated alkanes) is 1. The molecule has 0 fully saturated rings. The van der Waals surface area contributed by atoms with Crippen LogP contribution in [-0.4, -0.2) is 36.4 Å². The van der Waals surface area contributed by atoms with E-state index in [-0.39, 0.29) is 18.4 Å². The van der Waals surface area contributed by atoms with Gasteiger partial charge >= 0.3 is 0 Å². The minimum Gasteiger partial charge on any atom is -0.355 e. The summed E-state index contributed by atoms with van der Waals surface area (Å²) in [6.07, 6.45) is 6.30. The molecule has 3 rings (SSSR count). The van der Waals surface area contributed by atoms with E-state index in [0.717, 1.165) is 34.7 Å². The number of hydrogen-bond acceptors (Lipinski definition) is 4. The molecule has 0 unspecified atom stereocenters. The quantitative estimate of drug-likeness (QED) is 0.336. The Bertz CT molecular complexity index is 941. The average molecular weight is 469 g/mol. The van der Waals surface area contributed by atoms with Crippen molar-refractivity contribution in [3.8, 4) is 0 Å². The summed E-state index contributed by atoms with van der Waals surface area (Å²) in [5, 5.41) is 2.98. The molecule has 32 heavy (non-hydrogen) atoms. The first-order valence-electron chi connectivity index (χ1n) is 11.4. The molecule has 1 N–H and O–H groups in total. The Morgan fingerprint density at radius 2 is 1.81 bits per heavy atom. The molecule has 170 valence electrons. The molecule has 1 aliphatic heterocycles. The van der Waals surface area contributed by atoms with Crippen LogP contribution in [0, 0.1) is 0 Å². The number of rotatable bonds is 11. The van der Waals surface area contributed by atoms with Crippen molar-refractivity contribution in [1.29, 1.82) is 0 Å². The molecule has 1 heterocycles. The molecule has 0 aliphatic carbocycles. The molecule has 0 aromatic heterocycles. The van der Waals surface area contributed by atoms with Gasteiger partial charge in [0.05, 0.1) is 10.6 Å². The molecule has 4 nitrogen and oxygen atoms in total. The van der Waals surface area contributed by atoms with E-state index in [1.54, 1.807) is 4.90 Å². The van der Waals surface area contributed by atoms with Crippen molar-refractivity contribution in [2.24, 2.45) is 0 Å². The zero-order valence-corrected chi connectivity index (χ0v) is 20.6. The zero-order valence-electron chi connectivity index (χ0n) is 18.9. The number of fused-ring (bicyclic) bond motifs is 1. The van der Waals surface area contributed by atoms with E-state index in [1.807, 2.05) is 54.2 Å². The zero-order chi connectivity index (χ0) is 22.8. The topological polar surface area (TPSA) is 49.4 Å². The summed E-state index contributed by atoms with van der Waals surface area (Å²) in [6.45, 7) is 5.00. The molecule has 2 aromatic carbocycles. The number of anilines is 1. The van der Waals surface area contributed by atoms with Crippen LogP contribution in [0.5, 0.6) is 0 Å². The number of carbonyl (C=O) groups excluding carboxylic acids is 2. The molecule has 1 aliphatic rings. The molecular weight excluding hydrogens is 436 g/mol. The van der Waals surface area contributed by atoms with Crippen LogP contribution in [0.25, 0.3) is 6.08 Å². The van der Waals surface area contributed by atoms with Gasteiger partial charge in [-0.2, -0.15) is 11.8 Å². The van der Waals surface area contributed by atoms with Gasteiger partial charge in [-0.15, -0.1) is 0 Å². The Kier molecular flexibility index (Phi) is 9.75. The lowest BCUT2D eigenvalue weighted by atomic mass is 10.1. The fraction of sp³-hybridized carbons (Fsp3) is 0.385. The molecule has 2 amide bonds. The number of thioether (sulfide) groups is 2. The first kappa shape index (κ1) is 24.5. The number of aryl methyl sites for hydroxylation is 1. The van der Waals surface area contributed by atoms with Crippen LogP contribution in [0.2, 0.25) is 0 Å². The highest BCUT2D eigenvalue weighted by atomic mass is 32.2. The van der Waals surface area contributed by atoms with Crippen molar-refractivity contribution < 1.29 is 9.59 Å². The van der Waals surface area contributed by atoms with Crippen LogP contribution in [-0.2, 0) is 16.0 Å². The van der Waals surface area contributed by atoms with Gasteiger partial charge in [0, 0.05) is 11.4 Å². The van der Waals surface area contributed by atoms with E-state index in [1.165, 1.54) is 35.9 Å². The lowest BCUT2D eigenvalue weighted by Crippen LogP contribution is -2.43. The monoisotopic (exact) mass is 468 g/mol. The van der Waals surface area contributed by atoms with E-state index in [9.17, 15) is 9.59 Å². The Balaban J connectivity index is 1.65. The molecule has 0 radical (unpaired) electrons. The van der Waals surface area contributed by atoms with Crippen LogP contribution in [0.3, 0.4) is 0 Å². The summed E-state index contributed by atoms with van der Waals surface area (Å²) in [6, 6.07) is 16.0. The van der Waals surface area contributed by atoms with E-state index in [4.69, 9.17) is 0 Å². The van der Waals surface area contributed by atoms with Crippen LogP contribution in [0.4, 0.5) is 5.69 Å². The number of hydrogen-bond donors (Lipinski definition) is 1. The van der Waals surface area contributed by atoms with Gasteiger partial charge in [-0.1, -0.05) is 68.4 Å². The van der Waals surface area contributed by atoms with Gasteiger partial charge < -0.3 is 5.32 Å². The van der Waals surface area contributed by atoms with Gasteiger partial charge in [-0.05, 0) is 60.1 Å². The average Bonchev–Trinajstić information content (AvgIpc) is 2.81. The predicted molar refractivity (Wildman–Crippen MR) is 138 cm³/mol. The third kappa shape index (κ3) is 6.91. The third-order valence-electron chi connectivity index (χ3n) is 5.25. The normalized spacial score (nSPS) is 14.5. The van der Waals surface area contributed by atoms with Crippen molar-refractivity contribution in [3.05, 3.63) is 64.6 Å². The molecule has 2 aromatic rings. The highest BCUT2D eigenvalue weighted by Gasteiger charge is 2.30. The Morgan fingerprint density at radius 1 is 1.06 bits per heavy atom. The predicted octanol–water partition coefficient (Wildman–Crippen LogP) is 5.77. The van der Waals surface area contributed by atoms with Crippen LogP contribution in [0.15, 0.2) is 58.3 Å². The Morgan fingerprint density at radius 3 is 2.56 bits per heavy atom. The summed E-state index contributed by atoms with van der Waals surface area (Å²) in [5.41, 5.74) is 3.05. The fourth-order valence-electron chi connectivity index (χ4n) is 3.37. The van der Waals surface area contributed by atoms with Crippen molar-refractivity contribution in [2.75, 3.05) is 29.5 Å². The van der Waals surface area contributed by atoms with Gasteiger partial charge in [0.1, 0.15) is 6.54 Å². The number of para-hydroxylation sites is 1. The smallest absolute Gasteiger partial charge is 0.265 e. The summed E-state index contributed by atoms with van der Waals surface area (Å²) < 4.78 is 0. The molecule has 0 atom stereocenters. The van der Waals surface area contributed by atoms with Crippen molar-refractivity contribution >= 4 is 47.1 Å². The van der Waals surface area contributed by atoms with Crippen LogP contribution >= 0.6 is 23.5 Å². The van der Waals surface area contributed by atoms with E-state index in [2.05, 4.69) is 31.3 Å². The number of benzene rings is 2. The van der Waals surface area contributed by atoms with E-state index < -0.39 is 0 Å². The Hall–Kier alpha value is -2.18. The molecule has 0 saturated heterocycles. The first-order chi connectivity index (χ1) is 15.6. The summed E-state index contributed by atoms with van der Waals surface area (Å²) in [4.78, 5) is 29.1. The number of carbonyl (C=O) groups is 2. The van der Waals surface area contributed by atoms with Crippen molar-refractivity contribution in [3.63, 3.8) is 0 Å². The maximum Gasteiger partial charge on any atom is 0.265 e. The summed E-state index contributed by atoms with van der Waals surface area (Å²) in [7, 11) is 0. The maximum absolute atomic E-state index is 13.3. The summed E-state index contributed by atoms with van der Waals surface area (Å²) in [5.74, 6) is 1.98. The fourth-order valence-corrected chi connectivity index (χ4v) is 5.47. The number of nitrogens with one attached hydrogen (secondary N) is 1. The largest absolute Gasteiger partial charge is 0.355 e. The highest BCUT2D eigenvalue weighted by molar-refractivity contribution is 8.04. The molecule has 0 bridgehead atoms. The number of nitrogens with zero attached hydrogens (tertiary/aromatic N) is 1. The Labute approximate surface area is 200 Å². The third-order valence-corrected chi connectivity index (χ3v) is 7.48. The molecule has 6 heteroatoms.